The molecular weight excluding hydrogens is 324 g/mol. The summed E-state index contributed by atoms with van der Waals surface area (Å²) in [5, 5.41) is 2.41. The van der Waals surface area contributed by atoms with Gasteiger partial charge in [-0.25, -0.2) is 9.59 Å². The van der Waals surface area contributed by atoms with Gasteiger partial charge in [0.15, 0.2) is 0 Å². The highest BCUT2D eigenvalue weighted by molar-refractivity contribution is 5.87. The van der Waals surface area contributed by atoms with E-state index in [0.717, 1.165) is 5.56 Å². The standard InChI is InChI=1S/C18H26N2O5/c1-18(2,3)25-17(23)19-14(11-15(21)20(4)5)16(22)24-12-13-9-7-6-8-10-13/h6-10,14H,11-12H2,1-5H3,(H,19,23)/t14-/m0/s1. The molecule has 0 saturated heterocycles. The predicted octanol–water partition coefficient (Wildman–Crippen LogP) is 2.10. The second-order valence-electron chi connectivity index (χ2n) is 6.78. The van der Waals surface area contributed by atoms with E-state index in [9.17, 15) is 14.4 Å². The van der Waals surface area contributed by atoms with E-state index < -0.39 is 23.7 Å². The van der Waals surface area contributed by atoms with Gasteiger partial charge in [-0.3, -0.25) is 4.79 Å². The van der Waals surface area contributed by atoms with Gasteiger partial charge in [-0.1, -0.05) is 30.3 Å². The number of rotatable bonds is 6. The number of alkyl carbamates (subject to hydrolysis) is 1. The molecule has 1 N–H and O–H groups in total. The quantitative estimate of drug-likeness (QED) is 0.794. The second-order valence-corrected chi connectivity index (χ2v) is 6.78. The highest BCUT2D eigenvalue weighted by Gasteiger charge is 2.28. The zero-order valence-electron chi connectivity index (χ0n) is 15.4. The molecule has 7 heteroatoms. The molecule has 1 aromatic rings. The Bertz CT molecular complexity index is 593. The molecule has 0 saturated carbocycles. The number of hydrogen-bond acceptors (Lipinski definition) is 5. The highest BCUT2D eigenvalue weighted by Crippen LogP contribution is 2.09. The smallest absolute Gasteiger partial charge is 0.408 e. The molecule has 1 atom stereocenters. The third-order valence-electron chi connectivity index (χ3n) is 3.08. The Balaban J connectivity index is 2.73. The number of amides is 2. The molecule has 138 valence electrons. The molecule has 0 fully saturated rings. The van der Waals surface area contributed by atoms with Crippen LogP contribution in [0.1, 0.15) is 32.8 Å². The van der Waals surface area contributed by atoms with E-state index in [1.165, 1.54) is 4.90 Å². The molecule has 0 aliphatic heterocycles. The van der Waals surface area contributed by atoms with Crippen molar-refractivity contribution in [3.05, 3.63) is 35.9 Å². The Morgan fingerprint density at radius 1 is 1.12 bits per heavy atom. The lowest BCUT2D eigenvalue weighted by molar-refractivity contribution is -0.149. The van der Waals surface area contributed by atoms with Crippen molar-refractivity contribution in [3.8, 4) is 0 Å². The summed E-state index contributed by atoms with van der Waals surface area (Å²) in [5.41, 5.74) is 0.0968. The third kappa shape index (κ3) is 8.19. The van der Waals surface area contributed by atoms with Crippen LogP contribution in [0, 0.1) is 0 Å². The monoisotopic (exact) mass is 350 g/mol. The van der Waals surface area contributed by atoms with E-state index in [2.05, 4.69) is 5.32 Å². The van der Waals surface area contributed by atoms with Crippen LogP contribution < -0.4 is 5.32 Å². The maximum atomic E-state index is 12.3. The molecule has 0 heterocycles. The Morgan fingerprint density at radius 3 is 2.24 bits per heavy atom. The van der Waals surface area contributed by atoms with E-state index in [4.69, 9.17) is 9.47 Å². The molecule has 7 nitrogen and oxygen atoms in total. The molecule has 0 unspecified atom stereocenters. The van der Waals surface area contributed by atoms with Gasteiger partial charge in [0, 0.05) is 14.1 Å². The van der Waals surface area contributed by atoms with Crippen LogP contribution in [-0.4, -0.2) is 48.6 Å². The van der Waals surface area contributed by atoms with Crippen LogP contribution in [0.5, 0.6) is 0 Å². The molecule has 1 rings (SSSR count). The van der Waals surface area contributed by atoms with Gasteiger partial charge in [-0.05, 0) is 26.3 Å². The first-order chi connectivity index (χ1) is 11.6. The fraction of sp³-hybridized carbons (Fsp3) is 0.500. The van der Waals surface area contributed by atoms with Gasteiger partial charge in [-0.2, -0.15) is 0 Å². The number of carbonyl (C=O) groups excluding carboxylic acids is 3. The topological polar surface area (TPSA) is 84.9 Å². The molecule has 0 bridgehead atoms. The Hall–Kier alpha value is -2.57. The maximum absolute atomic E-state index is 12.3. The van der Waals surface area contributed by atoms with Crippen molar-refractivity contribution in [1.29, 1.82) is 0 Å². The second kappa shape index (κ2) is 9.05. The van der Waals surface area contributed by atoms with Crippen LogP contribution in [-0.2, 0) is 25.7 Å². The van der Waals surface area contributed by atoms with Crippen LogP contribution in [0.3, 0.4) is 0 Å². The molecule has 0 spiro atoms. The average Bonchev–Trinajstić information content (AvgIpc) is 2.50. The number of hydrogen-bond donors (Lipinski definition) is 1. The summed E-state index contributed by atoms with van der Waals surface area (Å²) in [6, 6.07) is 8.02. The number of carbonyl (C=O) groups is 3. The van der Waals surface area contributed by atoms with Crippen molar-refractivity contribution in [2.75, 3.05) is 14.1 Å². The molecular formula is C18H26N2O5. The molecule has 0 radical (unpaired) electrons. The first kappa shape index (κ1) is 20.5. The van der Waals surface area contributed by atoms with Crippen molar-refractivity contribution in [3.63, 3.8) is 0 Å². The number of nitrogens with zero attached hydrogens (tertiary/aromatic N) is 1. The number of esters is 1. The van der Waals surface area contributed by atoms with Crippen molar-refractivity contribution in [2.45, 2.75) is 45.4 Å². The minimum atomic E-state index is -1.12. The fourth-order valence-corrected chi connectivity index (χ4v) is 1.83. The SMILES string of the molecule is CN(C)C(=O)C[C@H](NC(=O)OC(C)(C)C)C(=O)OCc1ccccc1. The molecule has 2 amide bonds. The molecule has 1 aromatic carbocycles. The van der Waals surface area contributed by atoms with Crippen molar-refractivity contribution in [2.24, 2.45) is 0 Å². The molecule has 0 aliphatic rings. The summed E-state index contributed by atoms with van der Waals surface area (Å²) in [7, 11) is 3.14. The van der Waals surface area contributed by atoms with Crippen LogP contribution in [0.25, 0.3) is 0 Å². The molecule has 0 aliphatic carbocycles. The Morgan fingerprint density at radius 2 is 1.72 bits per heavy atom. The van der Waals surface area contributed by atoms with Gasteiger partial charge in [0.05, 0.1) is 6.42 Å². The predicted molar refractivity (Wildman–Crippen MR) is 92.7 cm³/mol. The van der Waals surface area contributed by atoms with E-state index in [1.807, 2.05) is 30.3 Å². The van der Waals surface area contributed by atoms with Crippen molar-refractivity contribution in [1.82, 2.24) is 10.2 Å². The summed E-state index contributed by atoms with van der Waals surface area (Å²) in [5.74, 6) is -0.998. The minimum Gasteiger partial charge on any atom is -0.459 e. The average molecular weight is 350 g/mol. The Kier molecular flexibility index (Phi) is 7.42. The first-order valence-corrected chi connectivity index (χ1v) is 7.98. The lowest BCUT2D eigenvalue weighted by Gasteiger charge is -2.23. The van der Waals surface area contributed by atoms with Crippen molar-refractivity contribution >= 4 is 18.0 Å². The number of nitrogens with one attached hydrogen (secondary N) is 1. The van der Waals surface area contributed by atoms with Crippen LogP contribution >= 0.6 is 0 Å². The van der Waals surface area contributed by atoms with Gasteiger partial charge in [0.1, 0.15) is 18.2 Å². The molecule has 0 aromatic heterocycles. The van der Waals surface area contributed by atoms with E-state index in [0.29, 0.717) is 0 Å². The van der Waals surface area contributed by atoms with Gasteiger partial charge in [-0.15, -0.1) is 0 Å². The summed E-state index contributed by atoms with van der Waals surface area (Å²) in [4.78, 5) is 37.5. The van der Waals surface area contributed by atoms with Gasteiger partial charge in [0.2, 0.25) is 5.91 Å². The van der Waals surface area contributed by atoms with Gasteiger partial charge >= 0.3 is 12.1 Å². The van der Waals surface area contributed by atoms with Crippen LogP contribution in [0.15, 0.2) is 30.3 Å². The first-order valence-electron chi connectivity index (χ1n) is 7.98. The molecule has 25 heavy (non-hydrogen) atoms. The number of benzene rings is 1. The normalized spacial score (nSPS) is 12.0. The number of ether oxygens (including phenoxy) is 2. The lowest BCUT2D eigenvalue weighted by Crippen LogP contribution is -2.46. The zero-order chi connectivity index (χ0) is 19.0. The summed E-state index contributed by atoms with van der Waals surface area (Å²) < 4.78 is 10.4. The third-order valence-corrected chi connectivity index (χ3v) is 3.08. The van der Waals surface area contributed by atoms with Gasteiger partial charge in [0.25, 0.3) is 0 Å². The summed E-state index contributed by atoms with van der Waals surface area (Å²) in [6.07, 6.45) is -0.986. The van der Waals surface area contributed by atoms with E-state index >= 15 is 0 Å². The summed E-state index contributed by atoms with van der Waals surface area (Å²) in [6.45, 7) is 5.18. The van der Waals surface area contributed by atoms with Crippen LogP contribution in [0.4, 0.5) is 4.79 Å². The summed E-state index contributed by atoms with van der Waals surface area (Å²) >= 11 is 0. The zero-order valence-corrected chi connectivity index (χ0v) is 15.4. The van der Waals surface area contributed by atoms with E-state index in [1.54, 1.807) is 34.9 Å². The lowest BCUT2D eigenvalue weighted by atomic mass is 10.2. The highest BCUT2D eigenvalue weighted by atomic mass is 16.6. The van der Waals surface area contributed by atoms with Gasteiger partial charge < -0.3 is 19.7 Å². The Labute approximate surface area is 148 Å². The fourth-order valence-electron chi connectivity index (χ4n) is 1.83. The van der Waals surface area contributed by atoms with Crippen molar-refractivity contribution < 1.29 is 23.9 Å². The van der Waals surface area contributed by atoms with Crippen LogP contribution in [0.2, 0.25) is 0 Å². The largest absolute Gasteiger partial charge is 0.459 e. The minimum absolute atomic E-state index is 0.0579. The maximum Gasteiger partial charge on any atom is 0.408 e. The van der Waals surface area contributed by atoms with E-state index in [-0.39, 0.29) is 18.9 Å².